The molecule has 0 aliphatic carbocycles. The van der Waals surface area contributed by atoms with E-state index in [4.69, 9.17) is 0 Å². The van der Waals surface area contributed by atoms with Gasteiger partial charge in [0.05, 0.1) is 12.1 Å². The average molecular weight is 86.1 g/mol. The van der Waals surface area contributed by atoms with Crippen molar-refractivity contribution < 1.29 is 0 Å². The van der Waals surface area contributed by atoms with Crippen LogP contribution in [-0.2, 0) is 0 Å². The van der Waals surface area contributed by atoms with Crippen molar-refractivity contribution in [2.24, 2.45) is 4.99 Å². The first kappa shape index (κ1) is 3.22. The van der Waals surface area contributed by atoms with E-state index in [1.807, 2.05) is 12.1 Å². The predicted octanol–water partition coefficient (Wildman–Crippen LogP) is 0.923. The lowest BCUT2D eigenvalue weighted by Crippen LogP contribution is -1.58. The largest absolute Gasteiger partial charge is 0.280 e. The third kappa shape index (κ3) is 0.651. The van der Waals surface area contributed by atoms with Crippen LogP contribution in [0.15, 0.2) is 4.99 Å². The van der Waals surface area contributed by atoms with E-state index in [1.54, 1.807) is 11.8 Å². The quantitative estimate of drug-likeness (QED) is 0.427. The van der Waals surface area contributed by atoms with Gasteiger partial charge >= 0.3 is 0 Å². The first-order valence-corrected chi connectivity index (χ1v) is 2.50. The van der Waals surface area contributed by atoms with Crippen molar-refractivity contribution in [3.63, 3.8) is 0 Å². The minimum absolute atomic E-state index is 1.07. The van der Waals surface area contributed by atoms with Crippen molar-refractivity contribution in [2.75, 3.05) is 5.75 Å². The van der Waals surface area contributed by atoms with Crippen molar-refractivity contribution in [3.8, 4) is 0 Å². The van der Waals surface area contributed by atoms with Gasteiger partial charge in [-0.25, -0.2) is 0 Å². The summed E-state index contributed by atoms with van der Waals surface area (Å²) in [5, 5.41) is 0. The van der Waals surface area contributed by atoms with Crippen molar-refractivity contribution in [1.29, 1.82) is 0 Å². The standard InChI is InChI=1S/C3H4NS/c1-2-5-3-4-1/h1,3H,2H2. The summed E-state index contributed by atoms with van der Waals surface area (Å²) in [6.07, 6.45) is 0. The molecular formula is C3H4NS. The molecule has 1 radical (unpaired) electrons. The van der Waals surface area contributed by atoms with Crippen molar-refractivity contribution in [1.82, 2.24) is 0 Å². The second-order valence-corrected chi connectivity index (χ2v) is 1.65. The molecule has 1 rings (SSSR count). The zero-order chi connectivity index (χ0) is 3.54. The monoisotopic (exact) mass is 86.0 g/mol. The molecule has 0 saturated carbocycles. The molecule has 1 aliphatic rings. The summed E-state index contributed by atoms with van der Waals surface area (Å²) in [5.41, 5.74) is 1.85. The van der Waals surface area contributed by atoms with Crippen LogP contribution in [0, 0.1) is 6.54 Å². The van der Waals surface area contributed by atoms with Crippen LogP contribution in [0.4, 0.5) is 0 Å². The lowest BCUT2D eigenvalue weighted by molar-refractivity contribution is 1.38. The maximum absolute atomic E-state index is 3.80. The highest BCUT2D eigenvalue weighted by Crippen LogP contribution is 2.04. The molecule has 0 fully saturated rings. The van der Waals surface area contributed by atoms with E-state index < -0.39 is 0 Å². The number of aliphatic imine (C=N–C) groups is 1. The highest BCUT2D eigenvalue weighted by molar-refractivity contribution is 8.12. The minimum Gasteiger partial charge on any atom is -0.280 e. The van der Waals surface area contributed by atoms with Gasteiger partial charge in [0.1, 0.15) is 0 Å². The van der Waals surface area contributed by atoms with Gasteiger partial charge in [-0.15, -0.1) is 11.8 Å². The summed E-state index contributed by atoms with van der Waals surface area (Å²) in [6, 6.07) is 0. The van der Waals surface area contributed by atoms with Gasteiger partial charge in [-0.1, -0.05) is 0 Å². The molecule has 0 bridgehead atoms. The molecule has 0 amide bonds. The summed E-state index contributed by atoms with van der Waals surface area (Å²) < 4.78 is 0. The Morgan fingerprint density at radius 1 is 1.80 bits per heavy atom. The molecule has 1 aliphatic heterocycles. The van der Waals surface area contributed by atoms with Crippen LogP contribution in [0.25, 0.3) is 0 Å². The molecule has 2 heteroatoms. The Morgan fingerprint density at radius 2 is 2.80 bits per heavy atom. The van der Waals surface area contributed by atoms with Gasteiger partial charge < -0.3 is 0 Å². The summed E-state index contributed by atoms with van der Waals surface area (Å²) >= 11 is 1.73. The van der Waals surface area contributed by atoms with E-state index in [0.717, 1.165) is 5.75 Å². The highest BCUT2D eigenvalue weighted by Gasteiger charge is 1.87. The lowest BCUT2D eigenvalue weighted by Gasteiger charge is -1.66. The summed E-state index contributed by atoms with van der Waals surface area (Å²) in [7, 11) is 0. The first-order chi connectivity index (χ1) is 2.50. The molecule has 0 saturated heterocycles. The number of hydrogen-bond acceptors (Lipinski definition) is 2. The normalized spacial score (nSPS) is 20.8. The fourth-order valence-electron chi connectivity index (χ4n) is 0.215. The smallest absolute Gasteiger partial charge is 0.0831 e. The molecule has 0 aromatic rings. The highest BCUT2D eigenvalue weighted by atomic mass is 32.2. The topological polar surface area (TPSA) is 12.4 Å². The maximum Gasteiger partial charge on any atom is 0.0831 e. The van der Waals surface area contributed by atoms with Crippen LogP contribution in [0.5, 0.6) is 0 Å². The maximum atomic E-state index is 3.80. The Hall–Kier alpha value is 0.0200. The van der Waals surface area contributed by atoms with Crippen LogP contribution in [-0.4, -0.2) is 11.3 Å². The summed E-state index contributed by atoms with van der Waals surface area (Å²) in [5.74, 6) is 1.07. The lowest BCUT2D eigenvalue weighted by atomic mass is 10.8. The van der Waals surface area contributed by atoms with Crippen LogP contribution >= 0.6 is 11.8 Å². The summed E-state index contributed by atoms with van der Waals surface area (Å²) in [6.45, 7) is 1.89. The molecule has 1 heterocycles. The van der Waals surface area contributed by atoms with E-state index in [-0.39, 0.29) is 0 Å². The van der Waals surface area contributed by atoms with Crippen molar-refractivity contribution in [3.05, 3.63) is 6.54 Å². The SMILES string of the molecule is [CH]1CSC=N1. The van der Waals surface area contributed by atoms with Gasteiger partial charge in [-0.05, 0) is 0 Å². The number of thioether (sulfide) groups is 1. The van der Waals surface area contributed by atoms with Gasteiger partial charge in [0.25, 0.3) is 0 Å². The van der Waals surface area contributed by atoms with Crippen LogP contribution in [0.1, 0.15) is 0 Å². The average Bonchev–Trinajstić information content (AvgIpc) is 1.76. The molecule has 0 aromatic heterocycles. The van der Waals surface area contributed by atoms with E-state index in [2.05, 4.69) is 4.99 Å². The molecule has 5 heavy (non-hydrogen) atoms. The Bertz CT molecular complexity index is 44.9. The second kappa shape index (κ2) is 1.45. The Kier molecular flexibility index (Phi) is 0.937. The molecule has 0 aromatic carbocycles. The third-order valence-electron chi connectivity index (χ3n) is 0.412. The second-order valence-electron chi connectivity index (χ2n) is 0.770. The minimum atomic E-state index is 1.07. The number of nitrogens with zero attached hydrogens (tertiary/aromatic N) is 1. The van der Waals surface area contributed by atoms with E-state index in [0.29, 0.717) is 0 Å². The molecule has 27 valence electrons. The van der Waals surface area contributed by atoms with E-state index >= 15 is 0 Å². The molecule has 0 unspecified atom stereocenters. The fourth-order valence-corrected chi connectivity index (χ4v) is 0.645. The number of hydrogen-bond donors (Lipinski definition) is 0. The molecule has 1 nitrogen and oxygen atoms in total. The van der Waals surface area contributed by atoms with E-state index in [1.165, 1.54) is 0 Å². The Labute approximate surface area is 35.5 Å². The van der Waals surface area contributed by atoms with Gasteiger partial charge in [0.2, 0.25) is 0 Å². The number of rotatable bonds is 0. The zero-order valence-corrected chi connectivity index (χ0v) is 3.53. The van der Waals surface area contributed by atoms with Gasteiger partial charge in [0.15, 0.2) is 0 Å². The predicted molar refractivity (Wildman–Crippen MR) is 25.2 cm³/mol. The summed E-state index contributed by atoms with van der Waals surface area (Å²) in [4.78, 5) is 3.80. The van der Waals surface area contributed by atoms with Gasteiger partial charge in [-0.2, -0.15) is 0 Å². The van der Waals surface area contributed by atoms with Crippen LogP contribution < -0.4 is 0 Å². The molecule has 0 spiro atoms. The van der Waals surface area contributed by atoms with Gasteiger partial charge in [-0.3, -0.25) is 4.99 Å². The molecule has 0 N–H and O–H groups in total. The van der Waals surface area contributed by atoms with Gasteiger partial charge in [0, 0.05) is 5.75 Å². The molecule has 0 atom stereocenters. The van der Waals surface area contributed by atoms with E-state index in [9.17, 15) is 0 Å². The van der Waals surface area contributed by atoms with Crippen LogP contribution in [0.3, 0.4) is 0 Å². The van der Waals surface area contributed by atoms with Crippen molar-refractivity contribution in [2.45, 2.75) is 0 Å². The Balaban J connectivity index is 2.32. The van der Waals surface area contributed by atoms with Crippen molar-refractivity contribution >= 4 is 17.3 Å². The molecular weight excluding hydrogens is 82.1 g/mol. The fraction of sp³-hybridized carbons (Fsp3) is 0.333. The zero-order valence-electron chi connectivity index (χ0n) is 2.72. The van der Waals surface area contributed by atoms with Crippen LogP contribution in [0.2, 0.25) is 0 Å². The first-order valence-electron chi connectivity index (χ1n) is 1.45. The Morgan fingerprint density at radius 3 is 3.00 bits per heavy atom. The third-order valence-corrected chi connectivity index (χ3v) is 1.02.